The number of carbonyl (C=O) groups is 2. The number of para-hydroxylation sites is 1. The van der Waals surface area contributed by atoms with E-state index in [4.69, 9.17) is 9.47 Å². The van der Waals surface area contributed by atoms with Crippen molar-refractivity contribution in [2.24, 2.45) is 7.05 Å². The molecule has 0 bridgehead atoms. The van der Waals surface area contributed by atoms with Crippen LogP contribution in [0, 0.1) is 0 Å². The molecule has 3 aromatic rings. The van der Waals surface area contributed by atoms with Gasteiger partial charge in [-0.2, -0.15) is 0 Å². The second-order valence-corrected chi connectivity index (χ2v) is 8.07. The van der Waals surface area contributed by atoms with Gasteiger partial charge in [-0.05, 0) is 36.8 Å². The topological polar surface area (TPSA) is 81.0 Å². The summed E-state index contributed by atoms with van der Waals surface area (Å²) < 4.78 is 12.8. The maximum Gasteiger partial charge on any atom is 0.295 e. The van der Waals surface area contributed by atoms with E-state index >= 15 is 0 Å². The van der Waals surface area contributed by atoms with Crippen molar-refractivity contribution in [1.29, 1.82) is 0 Å². The number of aryl methyl sites for hydroxylation is 1. The van der Waals surface area contributed by atoms with Crippen LogP contribution in [0.5, 0.6) is 5.75 Å². The van der Waals surface area contributed by atoms with Gasteiger partial charge in [0, 0.05) is 48.9 Å². The van der Waals surface area contributed by atoms with Crippen LogP contribution in [-0.4, -0.2) is 53.1 Å². The second-order valence-electron chi connectivity index (χ2n) is 8.07. The van der Waals surface area contributed by atoms with Crippen LogP contribution in [0.3, 0.4) is 0 Å². The van der Waals surface area contributed by atoms with E-state index in [1.54, 1.807) is 31.4 Å². The average molecular weight is 449 g/mol. The molecule has 2 heterocycles. The van der Waals surface area contributed by atoms with Crippen molar-refractivity contribution in [3.8, 4) is 5.75 Å². The Bertz CT molecular complexity index is 1210. The van der Waals surface area contributed by atoms with Crippen molar-refractivity contribution in [2.75, 3.05) is 26.9 Å². The Labute approximate surface area is 192 Å². The Hall–Kier alpha value is -3.58. The second kappa shape index (κ2) is 9.50. The summed E-state index contributed by atoms with van der Waals surface area (Å²) in [6.07, 6.45) is 2.80. The molecular formula is C26H28N2O5. The van der Waals surface area contributed by atoms with Crippen LogP contribution in [0.1, 0.15) is 30.5 Å². The van der Waals surface area contributed by atoms with Crippen molar-refractivity contribution in [3.63, 3.8) is 0 Å². The van der Waals surface area contributed by atoms with E-state index in [0.717, 1.165) is 22.9 Å². The molecule has 0 spiro atoms. The number of benzene rings is 2. The normalized spacial score (nSPS) is 17.8. The first-order valence-corrected chi connectivity index (χ1v) is 11.0. The van der Waals surface area contributed by atoms with Crippen LogP contribution >= 0.6 is 0 Å². The molecule has 1 saturated heterocycles. The first-order valence-electron chi connectivity index (χ1n) is 11.0. The third-order valence-electron chi connectivity index (χ3n) is 5.90. The van der Waals surface area contributed by atoms with E-state index < -0.39 is 17.7 Å². The molecular weight excluding hydrogens is 420 g/mol. The molecule has 1 unspecified atom stereocenters. The predicted octanol–water partition coefficient (Wildman–Crippen LogP) is 4.04. The minimum atomic E-state index is -0.720. The zero-order valence-electron chi connectivity index (χ0n) is 19.1. The van der Waals surface area contributed by atoms with E-state index in [0.29, 0.717) is 17.9 Å². The maximum absolute atomic E-state index is 13.1. The van der Waals surface area contributed by atoms with Gasteiger partial charge in [-0.25, -0.2) is 0 Å². The van der Waals surface area contributed by atoms with E-state index in [9.17, 15) is 14.7 Å². The minimum absolute atomic E-state index is 0.0784. The number of aromatic nitrogens is 1. The van der Waals surface area contributed by atoms with Crippen molar-refractivity contribution in [1.82, 2.24) is 9.47 Å². The summed E-state index contributed by atoms with van der Waals surface area (Å²) in [5, 5.41) is 12.2. The zero-order chi connectivity index (χ0) is 23.5. The third kappa shape index (κ3) is 4.12. The number of hydrogen-bond donors (Lipinski definition) is 1. The number of nitrogens with zero attached hydrogens (tertiary/aromatic N) is 2. The third-order valence-corrected chi connectivity index (χ3v) is 5.90. The highest BCUT2D eigenvalue weighted by Gasteiger charge is 2.46. The van der Waals surface area contributed by atoms with E-state index in [-0.39, 0.29) is 24.5 Å². The van der Waals surface area contributed by atoms with Crippen molar-refractivity contribution < 1.29 is 24.2 Å². The Kier molecular flexibility index (Phi) is 6.51. The molecule has 4 rings (SSSR count). The number of likely N-dealkylation sites (tertiary alicyclic amines) is 1. The number of methoxy groups -OCH3 is 1. The molecule has 1 aliphatic rings. The van der Waals surface area contributed by atoms with Crippen LogP contribution in [0.4, 0.5) is 0 Å². The molecule has 0 radical (unpaired) electrons. The summed E-state index contributed by atoms with van der Waals surface area (Å²) in [6.45, 7) is 3.13. The van der Waals surface area contributed by atoms with E-state index in [2.05, 4.69) is 0 Å². The molecule has 1 fully saturated rings. The van der Waals surface area contributed by atoms with Gasteiger partial charge in [-0.1, -0.05) is 25.1 Å². The number of ketones is 1. The molecule has 0 aliphatic carbocycles. The van der Waals surface area contributed by atoms with E-state index in [1.165, 1.54) is 4.90 Å². The molecule has 1 aliphatic heterocycles. The number of Topliss-reactive ketones (excluding diaryl/α,β-unsaturated/α-hetero) is 1. The molecule has 1 aromatic heterocycles. The van der Waals surface area contributed by atoms with Gasteiger partial charge in [0.1, 0.15) is 11.5 Å². The fraction of sp³-hybridized carbons (Fsp3) is 0.308. The molecule has 0 saturated carbocycles. The highest BCUT2D eigenvalue weighted by atomic mass is 16.5. The lowest BCUT2D eigenvalue weighted by Crippen LogP contribution is -2.32. The largest absolute Gasteiger partial charge is 0.507 e. The first kappa shape index (κ1) is 22.6. The van der Waals surface area contributed by atoms with Gasteiger partial charge in [-0.3, -0.25) is 9.59 Å². The Balaban J connectivity index is 1.85. The average Bonchev–Trinajstić information content (AvgIpc) is 3.29. The van der Waals surface area contributed by atoms with Gasteiger partial charge >= 0.3 is 0 Å². The molecule has 7 nitrogen and oxygen atoms in total. The number of carbonyl (C=O) groups excluding carboxylic acids is 2. The number of ether oxygens (including phenoxy) is 2. The summed E-state index contributed by atoms with van der Waals surface area (Å²) in [4.78, 5) is 27.6. The fourth-order valence-electron chi connectivity index (χ4n) is 4.30. The standard InChI is InChI=1S/C26H28N2O5/c1-4-14-33-18-11-9-17(10-12-18)24(29)22-23(28(13-15-32-3)26(31)25(22)30)20-16-27(2)21-8-6-5-7-19(20)21/h5-12,16,23,29H,4,13-15H2,1-3H3/b24-22+. The summed E-state index contributed by atoms with van der Waals surface area (Å²) in [5.74, 6) is -0.866. The summed E-state index contributed by atoms with van der Waals surface area (Å²) >= 11 is 0. The minimum Gasteiger partial charge on any atom is -0.507 e. The van der Waals surface area contributed by atoms with Crippen molar-refractivity contribution >= 4 is 28.4 Å². The quantitative estimate of drug-likeness (QED) is 0.320. The van der Waals surface area contributed by atoms with Crippen LogP contribution in [0.25, 0.3) is 16.7 Å². The lowest BCUT2D eigenvalue weighted by molar-refractivity contribution is -0.140. The molecule has 1 amide bonds. The van der Waals surface area contributed by atoms with Crippen LogP contribution < -0.4 is 4.74 Å². The monoisotopic (exact) mass is 448 g/mol. The zero-order valence-corrected chi connectivity index (χ0v) is 19.1. The van der Waals surface area contributed by atoms with Gasteiger partial charge < -0.3 is 24.0 Å². The summed E-state index contributed by atoms with van der Waals surface area (Å²) in [6, 6.07) is 14.0. The molecule has 172 valence electrons. The SMILES string of the molecule is CCCOc1ccc(/C(O)=C2\C(=O)C(=O)N(CCOC)C2c2cn(C)c3ccccc23)cc1. The van der Waals surface area contributed by atoms with Gasteiger partial charge in [0.25, 0.3) is 11.7 Å². The molecule has 7 heteroatoms. The number of rotatable bonds is 8. The Morgan fingerprint density at radius 3 is 2.48 bits per heavy atom. The first-order chi connectivity index (χ1) is 16.0. The molecule has 1 atom stereocenters. The molecule has 1 N–H and O–H groups in total. The lowest BCUT2D eigenvalue weighted by atomic mass is 9.95. The van der Waals surface area contributed by atoms with Crippen LogP contribution in [0.2, 0.25) is 0 Å². The lowest BCUT2D eigenvalue weighted by Gasteiger charge is -2.24. The predicted molar refractivity (Wildman–Crippen MR) is 126 cm³/mol. The summed E-state index contributed by atoms with van der Waals surface area (Å²) in [7, 11) is 3.47. The highest BCUT2D eigenvalue weighted by molar-refractivity contribution is 6.46. The van der Waals surface area contributed by atoms with Gasteiger partial charge in [0.05, 0.1) is 24.8 Å². The molecule has 33 heavy (non-hydrogen) atoms. The number of aliphatic hydroxyl groups is 1. The van der Waals surface area contributed by atoms with Crippen LogP contribution in [-0.2, 0) is 21.4 Å². The highest BCUT2D eigenvalue weighted by Crippen LogP contribution is 2.42. The van der Waals surface area contributed by atoms with Gasteiger partial charge in [0.2, 0.25) is 0 Å². The van der Waals surface area contributed by atoms with Crippen molar-refractivity contribution in [2.45, 2.75) is 19.4 Å². The number of hydrogen-bond acceptors (Lipinski definition) is 5. The smallest absolute Gasteiger partial charge is 0.295 e. The Morgan fingerprint density at radius 1 is 1.06 bits per heavy atom. The van der Waals surface area contributed by atoms with Crippen molar-refractivity contribution in [3.05, 3.63) is 71.4 Å². The summed E-state index contributed by atoms with van der Waals surface area (Å²) in [5.41, 5.74) is 2.29. The van der Waals surface area contributed by atoms with Gasteiger partial charge in [0.15, 0.2) is 0 Å². The van der Waals surface area contributed by atoms with E-state index in [1.807, 2.05) is 49.0 Å². The molecule has 2 aromatic carbocycles. The Morgan fingerprint density at radius 2 is 1.79 bits per heavy atom. The fourth-order valence-corrected chi connectivity index (χ4v) is 4.30. The van der Waals surface area contributed by atoms with Crippen LogP contribution in [0.15, 0.2) is 60.3 Å². The number of fused-ring (bicyclic) bond motifs is 1. The van der Waals surface area contributed by atoms with Gasteiger partial charge in [-0.15, -0.1) is 0 Å². The number of aliphatic hydroxyl groups excluding tert-OH is 1. The number of amides is 1. The maximum atomic E-state index is 13.1.